The summed E-state index contributed by atoms with van der Waals surface area (Å²) >= 11 is 5.58. The molecule has 0 fully saturated rings. The zero-order valence-corrected chi connectivity index (χ0v) is 7.22. The molecule has 0 amide bonds. The molecule has 0 atom stereocenters. The average molecular weight is 204 g/mol. The number of hydrogen-bond donors (Lipinski definition) is 3. The predicted octanol–water partition coefficient (Wildman–Crippen LogP) is 1.40. The van der Waals surface area contributed by atoms with E-state index in [0.717, 1.165) is 6.07 Å². The average Bonchev–Trinajstić information content (AvgIpc) is 2.11. The molecule has 1 aromatic rings. The summed E-state index contributed by atoms with van der Waals surface area (Å²) in [4.78, 5) is 3.51. The van der Waals surface area contributed by atoms with Crippen molar-refractivity contribution in [3.05, 3.63) is 29.0 Å². The van der Waals surface area contributed by atoms with Crippen molar-refractivity contribution in [2.45, 2.75) is 0 Å². The lowest BCUT2D eigenvalue weighted by atomic mass is 10.3. The number of guanidine groups is 1. The number of nitrogens with two attached hydrogens (primary N) is 1. The van der Waals surface area contributed by atoms with Gasteiger partial charge in [-0.15, -0.1) is 0 Å². The topological polar surface area (TPSA) is 70.6 Å². The van der Waals surface area contributed by atoms with Crippen LogP contribution in [0.2, 0.25) is 5.02 Å². The Kier molecular flexibility index (Phi) is 3.05. The van der Waals surface area contributed by atoms with Crippen molar-refractivity contribution in [3.8, 4) is 0 Å². The molecule has 6 heteroatoms. The van der Waals surface area contributed by atoms with E-state index in [2.05, 4.69) is 4.99 Å². The maximum Gasteiger partial charge on any atom is 0.218 e. The normalized spacial score (nSPS) is 11.5. The van der Waals surface area contributed by atoms with Gasteiger partial charge in [0.15, 0.2) is 0 Å². The van der Waals surface area contributed by atoms with Crippen molar-refractivity contribution in [1.29, 1.82) is 0 Å². The van der Waals surface area contributed by atoms with Gasteiger partial charge in [0, 0.05) is 5.02 Å². The Balaban J connectivity index is 3.07. The van der Waals surface area contributed by atoms with E-state index in [1.165, 1.54) is 12.1 Å². The van der Waals surface area contributed by atoms with Gasteiger partial charge in [0.25, 0.3) is 0 Å². The number of nitrogens with one attached hydrogen (secondary N) is 1. The highest BCUT2D eigenvalue weighted by Gasteiger charge is 2.01. The summed E-state index contributed by atoms with van der Waals surface area (Å²) < 4.78 is 12.9. The van der Waals surface area contributed by atoms with Gasteiger partial charge in [-0.25, -0.2) is 14.9 Å². The van der Waals surface area contributed by atoms with E-state index >= 15 is 0 Å². The van der Waals surface area contributed by atoms with Crippen LogP contribution in [0.4, 0.5) is 10.1 Å². The molecule has 0 unspecified atom stereocenters. The van der Waals surface area contributed by atoms with Crippen LogP contribution in [0.25, 0.3) is 0 Å². The molecule has 0 saturated carbocycles. The second-order valence-corrected chi connectivity index (χ2v) is 2.64. The molecule has 0 saturated heterocycles. The standard InChI is InChI=1S/C7H7ClFN3O/c8-4-1-2-5(9)6(3-4)11-7(10)12-13/h1-3,13H,(H3,10,11,12). The highest BCUT2D eigenvalue weighted by Crippen LogP contribution is 2.21. The molecule has 0 heterocycles. The fraction of sp³-hybridized carbons (Fsp3) is 0. The smallest absolute Gasteiger partial charge is 0.218 e. The van der Waals surface area contributed by atoms with Crippen LogP contribution in [-0.2, 0) is 0 Å². The van der Waals surface area contributed by atoms with E-state index in [0.29, 0.717) is 5.02 Å². The van der Waals surface area contributed by atoms with Crippen LogP contribution in [-0.4, -0.2) is 11.2 Å². The van der Waals surface area contributed by atoms with Crippen molar-refractivity contribution in [3.63, 3.8) is 0 Å². The maximum absolute atomic E-state index is 12.9. The number of aliphatic imine (C=N–C) groups is 1. The summed E-state index contributed by atoms with van der Waals surface area (Å²) in [6.07, 6.45) is 0. The Morgan fingerprint density at radius 2 is 2.31 bits per heavy atom. The van der Waals surface area contributed by atoms with Gasteiger partial charge in [-0.3, -0.25) is 5.21 Å². The van der Waals surface area contributed by atoms with Gasteiger partial charge in [-0.05, 0) is 18.2 Å². The molecular weight excluding hydrogens is 197 g/mol. The number of benzene rings is 1. The van der Waals surface area contributed by atoms with E-state index < -0.39 is 5.82 Å². The minimum Gasteiger partial charge on any atom is -0.368 e. The third-order valence-electron chi connectivity index (χ3n) is 1.26. The zero-order valence-electron chi connectivity index (χ0n) is 6.46. The van der Waals surface area contributed by atoms with E-state index in [1.54, 1.807) is 5.48 Å². The van der Waals surface area contributed by atoms with E-state index in [1.807, 2.05) is 0 Å². The Hall–Kier alpha value is -1.33. The first-order chi connectivity index (χ1) is 6.13. The van der Waals surface area contributed by atoms with Crippen molar-refractivity contribution in [1.82, 2.24) is 5.48 Å². The second kappa shape index (κ2) is 4.06. The molecule has 0 aliphatic carbocycles. The predicted molar refractivity (Wildman–Crippen MR) is 47.6 cm³/mol. The molecule has 1 rings (SSSR count). The van der Waals surface area contributed by atoms with Crippen LogP contribution >= 0.6 is 11.6 Å². The maximum atomic E-state index is 12.9. The third-order valence-corrected chi connectivity index (χ3v) is 1.50. The van der Waals surface area contributed by atoms with Crippen LogP contribution < -0.4 is 11.2 Å². The van der Waals surface area contributed by atoms with Crippen molar-refractivity contribution in [2.24, 2.45) is 10.7 Å². The van der Waals surface area contributed by atoms with Crippen LogP contribution in [0.1, 0.15) is 0 Å². The van der Waals surface area contributed by atoms with Gasteiger partial charge in [0.2, 0.25) is 5.96 Å². The summed E-state index contributed by atoms with van der Waals surface area (Å²) in [7, 11) is 0. The van der Waals surface area contributed by atoms with Crippen molar-refractivity contribution < 1.29 is 9.60 Å². The summed E-state index contributed by atoms with van der Waals surface area (Å²) in [5.41, 5.74) is 6.65. The van der Waals surface area contributed by atoms with Gasteiger partial charge in [0.05, 0.1) is 0 Å². The molecule has 4 nitrogen and oxygen atoms in total. The van der Waals surface area contributed by atoms with Gasteiger partial charge in [0.1, 0.15) is 11.5 Å². The highest BCUT2D eigenvalue weighted by atomic mass is 35.5. The molecule has 0 aliphatic heterocycles. The SMILES string of the molecule is NC(=Nc1cc(Cl)ccc1F)NO. The van der Waals surface area contributed by atoms with Gasteiger partial charge in [-0.2, -0.15) is 0 Å². The minimum absolute atomic E-state index is 0.0356. The van der Waals surface area contributed by atoms with E-state index in [-0.39, 0.29) is 11.6 Å². The van der Waals surface area contributed by atoms with Crippen LogP contribution in [0.15, 0.2) is 23.2 Å². The number of halogens is 2. The molecule has 0 aromatic heterocycles. The van der Waals surface area contributed by atoms with Crippen LogP contribution in [0.5, 0.6) is 0 Å². The van der Waals surface area contributed by atoms with Crippen molar-refractivity contribution >= 4 is 23.2 Å². The Morgan fingerprint density at radius 1 is 1.62 bits per heavy atom. The monoisotopic (exact) mass is 203 g/mol. The van der Waals surface area contributed by atoms with Gasteiger partial charge >= 0.3 is 0 Å². The number of rotatable bonds is 1. The van der Waals surface area contributed by atoms with Crippen LogP contribution in [0.3, 0.4) is 0 Å². The molecule has 1 aromatic carbocycles. The third kappa shape index (κ3) is 2.57. The Morgan fingerprint density at radius 3 is 2.92 bits per heavy atom. The lowest BCUT2D eigenvalue weighted by molar-refractivity contribution is 0.233. The Bertz CT molecular complexity index is 343. The molecule has 0 aliphatic rings. The second-order valence-electron chi connectivity index (χ2n) is 2.20. The molecule has 13 heavy (non-hydrogen) atoms. The van der Waals surface area contributed by atoms with E-state index in [4.69, 9.17) is 22.5 Å². The zero-order chi connectivity index (χ0) is 9.84. The summed E-state index contributed by atoms with van der Waals surface area (Å²) in [6, 6.07) is 3.84. The Labute approximate surface area is 78.8 Å². The largest absolute Gasteiger partial charge is 0.368 e. The fourth-order valence-electron chi connectivity index (χ4n) is 0.726. The molecule has 0 radical (unpaired) electrons. The first-order valence-corrected chi connectivity index (χ1v) is 3.70. The molecule has 0 bridgehead atoms. The van der Waals surface area contributed by atoms with Gasteiger partial charge < -0.3 is 5.73 Å². The summed E-state index contributed by atoms with van der Waals surface area (Å²) in [5.74, 6) is -0.872. The first kappa shape index (κ1) is 9.76. The van der Waals surface area contributed by atoms with Crippen LogP contribution in [0, 0.1) is 5.82 Å². The lowest BCUT2D eigenvalue weighted by Gasteiger charge is -1.99. The fourth-order valence-corrected chi connectivity index (χ4v) is 0.893. The highest BCUT2D eigenvalue weighted by molar-refractivity contribution is 6.30. The summed E-state index contributed by atoms with van der Waals surface area (Å²) in [5, 5.41) is 8.63. The first-order valence-electron chi connectivity index (χ1n) is 3.33. The van der Waals surface area contributed by atoms with E-state index in [9.17, 15) is 4.39 Å². The molecule has 70 valence electrons. The lowest BCUT2D eigenvalue weighted by Crippen LogP contribution is -2.27. The molecule has 0 spiro atoms. The molecule has 4 N–H and O–H groups in total. The minimum atomic E-state index is -0.567. The van der Waals surface area contributed by atoms with Crippen molar-refractivity contribution in [2.75, 3.05) is 0 Å². The quantitative estimate of drug-likeness (QED) is 0.367. The number of hydrogen-bond acceptors (Lipinski definition) is 2. The number of hydroxylamine groups is 1. The number of nitrogens with zero attached hydrogens (tertiary/aromatic N) is 1. The van der Waals surface area contributed by atoms with Gasteiger partial charge in [-0.1, -0.05) is 11.6 Å². The molecular formula is C7H7ClFN3O. The summed E-state index contributed by atoms with van der Waals surface area (Å²) in [6.45, 7) is 0.